The van der Waals surface area contributed by atoms with Gasteiger partial charge in [-0.1, -0.05) is 125 Å². The zero-order chi connectivity index (χ0) is 31.0. The summed E-state index contributed by atoms with van der Waals surface area (Å²) >= 11 is 0. The molecule has 42 heavy (non-hydrogen) atoms. The van der Waals surface area contributed by atoms with Crippen LogP contribution in [0.5, 0.6) is 0 Å². The Bertz CT molecular complexity index is 1090. The maximum atomic E-state index is 5.08. The number of nitrogens with zero attached hydrogens (tertiary/aromatic N) is 3. The monoisotopic (exact) mass is 734 g/mol. The summed E-state index contributed by atoms with van der Waals surface area (Å²) in [7, 11) is 0. The van der Waals surface area contributed by atoms with Crippen LogP contribution in [0.15, 0.2) is 0 Å². The van der Waals surface area contributed by atoms with E-state index in [1.807, 2.05) is 0 Å². The third kappa shape index (κ3) is 7.58. The van der Waals surface area contributed by atoms with Crippen LogP contribution < -0.4 is 16.4 Å². The van der Waals surface area contributed by atoms with Crippen LogP contribution in [0.25, 0.3) is 0 Å². The Morgan fingerprint density at radius 3 is 0.714 bits per heavy atom. The summed E-state index contributed by atoms with van der Waals surface area (Å²) in [6.07, 6.45) is 0. The molecule has 0 aliphatic rings. The molecule has 3 aromatic rings. The van der Waals surface area contributed by atoms with Gasteiger partial charge in [0.2, 0.25) is 0 Å². The van der Waals surface area contributed by atoms with Gasteiger partial charge in [-0.25, -0.2) is 0 Å². The molecule has 3 heterocycles. The number of aromatic nitrogens is 6. The minimum Gasteiger partial charge on any atom is -0.282 e. The van der Waals surface area contributed by atoms with Gasteiger partial charge in [-0.3, -0.25) is 15.3 Å². The number of H-pyrrole nitrogens is 3. The van der Waals surface area contributed by atoms with Gasteiger partial charge in [-0.2, -0.15) is 15.3 Å². The molecule has 0 saturated heterocycles. The molecule has 3 N–H and O–H groups in total. The van der Waals surface area contributed by atoms with Gasteiger partial charge in [0.15, 0.2) is 0 Å². The van der Waals surface area contributed by atoms with E-state index in [9.17, 15) is 0 Å². The fourth-order valence-corrected chi connectivity index (χ4v) is 5.76. The van der Waals surface area contributed by atoms with Crippen molar-refractivity contribution in [3.8, 4) is 0 Å². The van der Waals surface area contributed by atoms with E-state index in [0.717, 1.165) is 17.1 Å². The fourth-order valence-electron chi connectivity index (χ4n) is 5.76. The molecule has 9 heteroatoms. The quantitative estimate of drug-likeness (QED) is 0.205. The number of aromatic amines is 3. The van der Waals surface area contributed by atoms with E-state index in [0.29, 0.717) is 0 Å². The van der Waals surface area contributed by atoms with Gasteiger partial charge in [0.25, 0.3) is 6.71 Å². The Labute approximate surface area is 284 Å². The average Bonchev–Trinajstić information content (AvgIpc) is 3.42. The molecular formula is C33H58BIN6Ni. The molecule has 240 valence electrons. The normalized spacial score (nSPS) is 13.6. The molecule has 0 fully saturated rings. The summed E-state index contributed by atoms with van der Waals surface area (Å²) in [6, 6.07) is 0. The first kappa shape index (κ1) is 38.9. The SMILES string of the molecule is CC(C)(C)c1n[nH]c(C(C)(C)C)c1B(c1c(C(C)(C)C)n[nH]c1C(C)(C)C)c1c(C(C)(C)C)n[nH]c1C(C)(C)C.I.[Ni]. The topological polar surface area (TPSA) is 86.0 Å². The summed E-state index contributed by atoms with van der Waals surface area (Å²) in [5.74, 6) is 0. The van der Waals surface area contributed by atoms with Gasteiger partial charge < -0.3 is 0 Å². The van der Waals surface area contributed by atoms with E-state index >= 15 is 0 Å². The zero-order valence-corrected chi connectivity index (χ0v) is 33.0. The number of hydrogen-bond acceptors (Lipinski definition) is 3. The Hall–Kier alpha value is -1.08. The second-order valence-electron chi connectivity index (χ2n) is 18.0. The van der Waals surface area contributed by atoms with Crippen LogP contribution in [0.4, 0.5) is 0 Å². The van der Waals surface area contributed by atoms with E-state index in [1.54, 1.807) is 0 Å². The van der Waals surface area contributed by atoms with Gasteiger partial charge >= 0.3 is 0 Å². The van der Waals surface area contributed by atoms with Crippen LogP contribution in [0, 0.1) is 0 Å². The number of halogens is 1. The molecule has 0 aliphatic heterocycles. The third-order valence-electron chi connectivity index (χ3n) is 7.66. The van der Waals surface area contributed by atoms with Gasteiger partial charge in [0.05, 0.1) is 17.1 Å². The van der Waals surface area contributed by atoms with E-state index in [2.05, 4.69) is 140 Å². The van der Waals surface area contributed by atoms with Crippen molar-refractivity contribution in [3.05, 3.63) is 34.2 Å². The second kappa shape index (κ2) is 12.0. The van der Waals surface area contributed by atoms with Crippen molar-refractivity contribution in [1.82, 2.24) is 30.6 Å². The predicted octanol–water partition coefficient (Wildman–Crippen LogP) is 6.77. The maximum Gasteiger partial charge on any atom is 0.255 e. The van der Waals surface area contributed by atoms with Gasteiger partial charge in [0, 0.05) is 66.1 Å². The van der Waals surface area contributed by atoms with Gasteiger partial charge in [-0.15, -0.1) is 24.0 Å². The van der Waals surface area contributed by atoms with E-state index in [4.69, 9.17) is 15.3 Å². The molecule has 3 rings (SSSR count). The minimum absolute atomic E-state index is 0. The molecule has 0 saturated carbocycles. The Morgan fingerprint density at radius 1 is 0.381 bits per heavy atom. The number of hydrogen-bond donors (Lipinski definition) is 3. The first-order valence-electron chi connectivity index (χ1n) is 15.0. The van der Waals surface area contributed by atoms with Gasteiger partial charge in [-0.05, 0) is 16.4 Å². The predicted molar refractivity (Wildman–Crippen MR) is 188 cm³/mol. The van der Waals surface area contributed by atoms with Crippen molar-refractivity contribution < 1.29 is 16.5 Å². The Kier molecular flexibility index (Phi) is 11.1. The second-order valence-corrected chi connectivity index (χ2v) is 18.0. The van der Waals surface area contributed by atoms with E-state index in [1.165, 1.54) is 33.5 Å². The summed E-state index contributed by atoms with van der Waals surface area (Å²) in [5, 5.41) is 25.9. The fraction of sp³-hybridized carbons (Fsp3) is 0.727. The van der Waals surface area contributed by atoms with E-state index < -0.39 is 0 Å². The largest absolute Gasteiger partial charge is 0.282 e. The Balaban J connectivity index is 0.00000441. The summed E-state index contributed by atoms with van der Waals surface area (Å²) in [4.78, 5) is 0. The van der Waals surface area contributed by atoms with Crippen LogP contribution >= 0.6 is 24.0 Å². The summed E-state index contributed by atoms with van der Waals surface area (Å²) in [5.41, 5.74) is 9.63. The van der Waals surface area contributed by atoms with Gasteiger partial charge in [0.1, 0.15) is 0 Å². The molecule has 0 atom stereocenters. The molecular weight excluding hydrogens is 677 g/mol. The smallest absolute Gasteiger partial charge is 0.255 e. The van der Waals surface area contributed by atoms with Crippen LogP contribution in [-0.2, 0) is 49.0 Å². The Morgan fingerprint density at radius 2 is 0.571 bits per heavy atom. The molecule has 0 radical (unpaired) electrons. The molecule has 6 nitrogen and oxygen atoms in total. The number of nitrogens with one attached hydrogen (secondary N) is 3. The molecule has 0 spiro atoms. The van der Waals surface area contributed by atoms with Crippen LogP contribution in [0.3, 0.4) is 0 Å². The first-order valence-corrected chi connectivity index (χ1v) is 15.0. The van der Waals surface area contributed by atoms with Crippen LogP contribution in [0.1, 0.15) is 159 Å². The van der Waals surface area contributed by atoms with Crippen LogP contribution in [0.2, 0.25) is 0 Å². The summed E-state index contributed by atoms with van der Waals surface area (Å²) < 4.78 is 0. The average molecular weight is 735 g/mol. The zero-order valence-electron chi connectivity index (χ0n) is 29.6. The van der Waals surface area contributed by atoms with Crippen molar-refractivity contribution in [1.29, 1.82) is 0 Å². The minimum atomic E-state index is -0.172. The maximum absolute atomic E-state index is 5.08. The molecule has 0 bridgehead atoms. The van der Waals surface area contributed by atoms with Crippen molar-refractivity contribution in [2.75, 3.05) is 0 Å². The molecule has 0 amide bonds. The van der Waals surface area contributed by atoms with Crippen LogP contribution in [-0.4, -0.2) is 37.3 Å². The molecule has 0 unspecified atom stereocenters. The van der Waals surface area contributed by atoms with Crippen molar-refractivity contribution in [3.63, 3.8) is 0 Å². The van der Waals surface area contributed by atoms with E-state index in [-0.39, 0.29) is 79.7 Å². The molecule has 0 aromatic carbocycles. The van der Waals surface area contributed by atoms with Crippen molar-refractivity contribution in [2.24, 2.45) is 0 Å². The number of rotatable bonds is 3. The third-order valence-corrected chi connectivity index (χ3v) is 7.66. The summed E-state index contributed by atoms with van der Waals surface area (Å²) in [6.45, 7) is 40.8. The van der Waals surface area contributed by atoms with Crippen molar-refractivity contribution >= 4 is 47.1 Å². The standard InChI is InChI=1S/C33H57BN6.HI.Ni/c1-28(2,3)22-19(23(36-35-22)29(4,5)6)34(20-24(30(7,8)9)37-38-25(20)31(10,11)12)21-26(32(13,14)15)39-40-27(21)33(16,17)18;;/h1-18H3,(H,35,36)(H,37,38)(H,39,40);1H;. The molecule has 3 aromatic heterocycles. The first-order chi connectivity index (χ1) is 17.7. The van der Waals surface area contributed by atoms with Crippen molar-refractivity contribution in [2.45, 2.75) is 157 Å². The molecule has 0 aliphatic carbocycles.